The number of hydrogen-bond donors (Lipinski definition) is 0. The largest absolute Gasteiger partial charge is 0.497 e. The van der Waals surface area contributed by atoms with Gasteiger partial charge in [0.2, 0.25) is 0 Å². The van der Waals surface area contributed by atoms with Crippen LogP contribution in [-0.4, -0.2) is 21.6 Å². The smallest absolute Gasteiger partial charge is 0.122 e. The van der Waals surface area contributed by atoms with Crippen molar-refractivity contribution in [3.05, 3.63) is 18.2 Å². The van der Waals surface area contributed by atoms with Gasteiger partial charge in [0.15, 0.2) is 0 Å². The predicted molar refractivity (Wildman–Crippen MR) is 54.2 cm³/mol. The van der Waals surface area contributed by atoms with E-state index in [0.29, 0.717) is 17.8 Å². The number of rotatable bonds is 4. The van der Waals surface area contributed by atoms with Crippen LogP contribution < -0.4 is 14.9 Å². The summed E-state index contributed by atoms with van der Waals surface area (Å²) in [5.41, 5.74) is 0.631. The van der Waals surface area contributed by atoms with E-state index >= 15 is 0 Å². The van der Waals surface area contributed by atoms with Crippen molar-refractivity contribution in [3.8, 4) is 11.5 Å². The van der Waals surface area contributed by atoms with Gasteiger partial charge in [-0.25, -0.2) is 0 Å². The van der Waals surface area contributed by atoms with Crippen LogP contribution in [0.4, 0.5) is 0 Å². The van der Waals surface area contributed by atoms with Gasteiger partial charge in [-0.1, -0.05) is 18.5 Å². The van der Waals surface area contributed by atoms with Crippen LogP contribution in [0.15, 0.2) is 18.2 Å². The average Bonchev–Trinajstić information content (AvgIpc) is 2.16. The van der Waals surface area contributed by atoms with Crippen LogP contribution in [0.2, 0.25) is 0 Å². The van der Waals surface area contributed by atoms with Crippen molar-refractivity contribution in [2.45, 2.75) is 13.3 Å². The highest BCUT2D eigenvalue weighted by Crippen LogP contribution is 2.16. The predicted octanol–water partition coefficient (Wildman–Crippen LogP) is 1.28. The fourth-order valence-electron chi connectivity index (χ4n) is 1.00. The summed E-state index contributed by atoms with van der Waals surface area (Å²) in [5.74, 6) is 1.46. The van der Waals surface area contributed by atoms with E-state index in [9.17, 15) is 0 Å². The molecule has 0 spiro atoms. The highest BCUT2D eigenvalue weighted by atomic mass is 16.5. The van der Waals surface area contributed by atoms with E-state index in [-0.39, 0.29) is 0 Å². The zero-order chi connectivity index (χ0) is 9.68. The van der Waals surface area contributed by atoms with Gasteiger partial charge in [0, 0.05) is 6.07 Å². The Morgan fingerprint density at radius 2 is 2.15 bits per heavy atom. The summed E-state index contributed by atoms with van der Waals surface area (Å²) in [6.45, 7) is 2.78. The molecule has 68 valence electrons. The van der Waals surface area contributed by atoms with Gasteiger partial charge in [0.05, 0.1) is 13.7 Å². The fourth-order valence-corrected chi connectivity index (χ4v) is 1.00. The quantitative estimate of drug-likeness (QED) is 0.643. The lowest BCUT2D eigenvalue weighted by molar-refractivity contribution is 0.315. The summed E-state index contributed by atoms with van der Waals surface area (Å²) in [7, 11) is 7.24. The lowest BCUT2D eigenvalue weighted by Crippen LogP contribution is -2.07. The Labute approximate surface area is 80.3 Å². The van der Waals surface area contributed by atoms with Crippen molar-refractivity contribution in [1.29, 1.82) is 0 Å². The summed E-state index contributed by atoms with van der Waals surface area (Å²) in [5, 5.41) is 0. The van der Waals surface area contributed by atoms with Gasteiger partial charge in [0.25, 0.3) is 0 Å². The molecule has 1 rings (SSSR count). The third-order valence-corrected chi connectivity index (χ3v) is 1.68. The second-order valence-corrected chi connectivity index (χ2v) is 2.75. The first-order valence-corrected chi connectivity index (χ1v) is 4.34. The highest BCUT2D eigenvalue weighted by molar-refractivity contribution is 6.34. The van der Waals surface area contributed by atoms with Crippen molar-refractivity contribution in [2.75, 3.05) is 13.7 Å². The molecule has 1 aromatic rings. The van der Waals surface area contributed by atoms with E-state index in [0.717, 1.165) is 12.2 Å². The molecule has 0 aromatic heterocycles. The first kappa shape index (κ1) is 9.97. The molecule has 2 radical (unpaired) electrons. The van der Waals surface area contributed by atoms with E-state index in [1.54, 1.807) is 19.2 Å². The van der Waals surface area contributed by atoms with Gasteiger partial charge in [-0.15, -0.1) is 0 Å². The summed E-state index contributed by atoms with van der Waals surface area (Å²) >= 11 is 0. The number of hydrogen-bond acceptors (Lipinski definition) is 2. The molecule has 0 aliphatic carbocycles. The summed E-state index contributed by atoms with van der Waals surface area (Å²) in [6, 6.07) is 5.42. The van der Waals surface area contributed by atoms with Gasteiger partial charge >= 0.3 is 0 Å². The molecule has 2 nitrogen and oxygen atoms in total. The molecule has 0 saturated heterocycles. The first-order chi connectivity index (χ1) is 6.27. The van der Waals surface area contributed by atoms with Gasteiger partial charge in [-0.05, 0) is 12.5 Å². The monoisotopic (exact) mass is 176 g/mol. The van der Waals surface area contributed by atoms with Crippen LogP contribution in [0.1, 0.15) is 13.3 Å². The van der Waals surface area contributed by atoms with Crippen LogP contribution in [0.25, 0.3) is 0 Å². The van der Waals surface area contributed by atoms with Crippen molar-refractivity contribution in [2.24, 2.45) is 0 Å². The normalized spacial score (nSPS) is 9.69. The molecule has 0 fully saturated rings. The van der Waals surface area contributed by atoms with Gasteiger partial charge in [-0.3, -0.25) is 0 Å². The molecule has 0 heterocycles. The number of ether oxygens (including phenoxy) is 2. The average molecular weight is 176 g/mol. The second kappa shape index (κ2) is 4.80. The Morgan fingerprint density at radius 1 is 1.38 bits per heavy atom. The number of methoxy groups -OCH3 is 1. The van der Waals surface area contributed by atoms with Crippen molar-refractivity contribution in [1.82, 2.24) is 0 Å². The molecule has 0 saturated carbocycles. The van der Waals surface area contributed by atoms with Crippen LogP contribution in [0.3, 0.4) is 0 Å². The minimum atomic E-state index is 0.631. The van der Waals surface area contributed by atoms with E-state index in [2.05, 4.69) is 6.92 Å². The Morgan fingerprint density at radius 3 is 2.77 bits per heavy atom. The fraction of sp³-hybridized carbons (Fsp3) is 0.400. The molecule has 0 bridgehead atoms. The Kier molecular flexibility index (Phi) is 3.68. The van der Waals surface area contributed by atoms with Gasteiger partial charge < -0.3 is 9.47 Å². The first-order valence-electron chi connectivity index (χ1n) is 4.34. The van der Waals surface area contributed by atoms with E-state index in [1.165, 1.54) is 0 Å². The maximum atomic E-state index is 5.65. The topological polar surface area (TPSA) is 18.5 Å². The molecular weight excluding hydrogens is 163 g/mol. The van der Waals surface area contributed by atoms with Crippen LogP contribution in [0, 0.1) is 0 Å². The Bertz CT molecular complexity index is 274. The number of benzene rings is 1. The molecule has 3 heteroatoms. The lowest BCUT2D eigenvalue weighted by atomic mass is 9.95. The summed E-state index contributed by atoms with van der Waals surface area (Å²) in [4.78, 5) is 0. The molecule has 0 amide bonds. The zero-order valence-electron chi connectivity index (χ0n) is 8.04. The minimum Gasteiger partial charge on any atom is -0.497 e. The molecule has 1 aromatic carbocycles. The molecule has 0 unspecified atom stereocenters. The maximum Gasteiger partial charge on any atom is 0.122 e. The van der Waals surface area contributed by atoms with Gasteiger partial charge in [0.1, 0.15) is 19.3 Å². The molecular formula is C10H13BO2. The van der Waals surface area contributed by atoms with Crippen molar-refractivity contribution >= 4 is 13.3 Å². The highest BCUT2D eigenvalue weighted by Gasteiger charge is 1.99. The Hall–Kier alpha value is -1.12. The third-order valence-electron chi connectivity index (χ3n) is 1.68. The molecule has 0 atom stereocenters. The second-order valence-electron chi connectivity index (χ2n) is 2.75. The van der Waals surface area contributed by atoms with E-state index in [4.69, 9.17) is 17.3 Å². The summed E-state index contributed by atoms with van der Waals surface area (Å²) in [6.07, 6.45) is 0.993. The van der Waals surface area contributed by atoms with Crippen LogP contribution in [-0.2, 0) is 0 Å². The van der Waals surface area contributed by atoms with Crippen molar-refractivity contribution < 1.29 is 9.47 Å². The van der Waals surface area contributed by atoms with Crippen LogP contribution >= 0.6 is 0 Å². The molecule has 0 aliphatic rings. The van der Waals surface area contributed by atoms with E-state index in [1.807, 2.05) is 6.07 Å². The summed E-state index contributed by atoms with van der Waals surface area (Å²) < 4.78 is 10.5. The maximum absolute atomic E-state index is 5.65. The van der Waals surface area contributed by atoms with Gasteiger partial charge in [-0.2, -0.15) is 0 Å². The minimum absolute atomic E-state index is 0.631. The SMILES string of the molecule is [B]c1ccc(OCCC)cc1OC. The third kappa shape index (κ3) is 2.69. The molecule has 0 N–H and O–H groups in total. The standard InChI is InChI=1S/C10H13BO2/c1-3-6-13-8-4-5-9(11)10(7-8)12-2/h4-5,7H,3,6H2,1-2H3. The zero-order valence-corrected chi connectivity index (χ0v) is 8.04. The lowest BCUT2D eigenvalue weighted by Gasteiger charge is -2.08. The van der Waals surface area contributed by atoms with E-state index < -0.39 is 0 Å². The van der Waals surface area contributed by atoms with Crippen LogP contribution in [0.5, 0.6) is 11.5 Å². The molecule has 13 heavy (non-hydrogen) atoms. The Balaban J connectivity index is 2.74. The molecule has 0 aliphatic heterocycles. The van der Waals surface area contributed by atoms with Crippen molar-refractivity contribution in [3.63, 3.8) is 0 Å².